The van der Waals surface area contributed by atoms with Gasteiger partial charge in [-0.3, -0.25) is 0 Å². The maximum atomic E-state index is 6.17. The van der Waals surface area contributed by atoms with Gasteiger partial charge in [0.1, 0.15) is 0 Å². The van der Waals surface area contributed by atoms with E-state index in [2.05, 4.69) is 50.5 Å². The molecule has 0 radical (unpaired) electrons. The molecule has 96 valence electrons. The van der Waals surface area contributed by atoms with Crippen molar-refractivity contribution in [3.63, 3.8) is 0 Å². The standard InChI is InChI=1S/C15H12BrClN2/c16-11-4-5-13(17)15(8-11)19-9-10-2-1-3-14-12(10)6-7-18-14/h1-8,18-19H,9H2. The van der Waals surface area contributed by atoms with E-state index in [0.29, 0.717) is 0 Å². The normalized spacial score (nSPS) is 10.8. The summed E-state index contributed by atoms with van der Waals surface area (Å²) in [5, 5.41) is 5.34. The van der Waals surface area contributed by atoms with Crippen molar-refractivity contribution in [1.29, 1.82) is 0 Å². The molecule has 0 spiro atoms. The summed E-state index contributed by atoms with van der Waals surface area (Å²) >= 11 is 9.62. The first kappa shape index (κ1) is 12.6. The fraction of sp³-hybridized carbons (Fsp3) is 0.0667. The number of anilines is 1. The third-order valence-electron chi connectivity index (χ3n) is 3.08. The van der Waals surface area contributed by atoms with Crippen molar-refractivity contribution >= 4 is 44.1 Å². The molecule has 2 nitrogen and oxygen atoms in total. The highest BCUT2D eigenvalue weighted by molar-refractivity contribution is 9.10. The summed E-state index contributed by atoms with van der Waals surface area (Å²) in [4.78, 5) is 3.22. The Morgan fingerprint density at radius 3 is 2.95 bits per heavy atom. The molecular weight excluding hydrogens is 324 g/mol. The maximum absolute atomic E-state index is 6.17. The molecule has 0 saturated carbocycles. The summed E-state index contributed by atoms with van der Waals surface area (Å²) in [6, 6.07) is 14.1. The largest absolute Gasteiger partial charge is 0.380 e. The van der Waals surface area contributed by atoms with E-state index in [0.717, 1.165) is 27.2 Å². The Balaban J connectivity index is 1.86. The minimum Gasteiger partial charge on any atom is -0.380 e. The van der Waals surface area contributed by atoms with E-state index in [4.69, 9.17) is 11.6 Å². The summed E-state index contributed by atoms with van der Waals surface area (Å²) in [6.07, 6.45) is 1.96. The van der Waals surface area contributed by atoms with Crippen LogP contribution in [0, 0.1) is 0 Å². The topological polar surface area (TPSA) is 27.8 Å². The van der Waals surface area contributed by atoms with E-state index in [1.54, 1.807) is 0 Å². The number of nitrogens with one attached hydrogen (secondary N) is 2. The Morgan fingerprint density at radius 2 is 2.05 bits per heavy atom. The van der Waals surface area contributed by atoms with Crippen LogP contribution in [0.2, 0.25) is 5.02 Å². The van der Waals surface area contributed by atoms with Crippen LogP contribution < -0.4 is 5.32 Å². The third-order valence-corrected chi connectivity index (χ3v) is 3.91. The Morgan fingerprint density at radius 1 is 1.16 bits per heavy atom. The van der Waals surface area contributed by atoms with Crippen molar-refractivity contribution in [2.24, 2.45) is 0 Å². The summed E-state index contributed by atoms with van der Waals surface area (Å²) in [5.74, 6) is 0. The average molecular weight is 336 g/mol. The van der Waals surface area contributed by atoms with Gasteiger partial charge in [-0.15, -0.1) is 0 Å². The minimum atomic E-state index is 0.726. The molecule has 3 aromatic rings. The second-order valence-electron chi connectivity index (χ2n) is 4.33. The second-order valence-corrected chi connectivity index (χ2v) is 5.66. The molecule has 0 bridgehead atoms. The maximum Gasteiger partial charge on any atom is 0.0638 e. The molecule has 2 aromatic carbocycles. The van der Waals surface area contributed by atoms with Gasteiger partial charge in [-0.05, 0) is 35.9 Å². The van der Waals surface area contributed by atoms with Crippen LogP contribution in [0.15, 0.2) is 53.1 Å². The first-order valence-corrected chi connectivity index (χ1v) is 7.15. The molecule has 19 heavy (non-hydrogen) atoms. The van der Waals surface area contributed by atoms with E-state index in [1.807, 2.05) is 24.4 Å². The van der Waals surface area contributed by atoms with Crippen LogP contribution in [-0.4, -0.2) is 4.98 Å². The highest BCUT2D eigenvalue weighted by Crippen LogP contribution is 2.27. The van der Waals surface area contributed by atoms with Crippen LogP contribution in [0.5, 0.6) is 0 Å². The Hall–Kier alpha value is -1.45. The van der Waals surface area contributed by atoms with E-state index >= 15 is 0 Å². The van der Waals surface area contributed by atoms with E-state index in [9.17, 15) is 0 Å². The predicted octanol–water partition coefficient (Wildman–Crippen LogP) is 5.20. The van der Waals surface area contributed by atoms with Crippen molar-refractivity contribution < 1.29 is 0 Å². The van der Waals surface area contributed by atoms with Crippen LogP contribution in [-0.2, 0) is 6.54 Å². The van der Waals surface area contributed by atoms with Crippen molar-refractivity contribution in [1.82, 2.24) is 4.98 Å². The smallest absolute Gasteiger partial charge is 0.0638 e. The third kappa shape index (κ3) is 2.62. The average Bonchev–Trinajstić information content (AvgIpc) is 2.88. The van der Waals surface area contributed by atoms with Gasteiger partial charge in [0.2, 0.25) is 0 Å². The first-order chi connectivity index (χ1) is 9.24. The van der Waals surface area contributed by atoms with Gasteiger partial charge in [-0.2, -0.15) is 0 Å². The van der Waals surface area contributed by atoms with E-state index < -0.39 is 0 Å². The van der Waals surface area contributed by atoms with Crippen LogP contribution in [0.1, 0.15) is 5.56 Å². The van der Waals surface area contributed by atoms with Crippen molar-refractivity contribution in [3.8, 4) is 0 Å². The van der Waals surface area contributed by atoms with Gasteiger partial charge in [0.05, 0.1) is 10.7 Å². The Labute approximate surface area is 124 Å². The zero-order chi connectivity index (χ0) is 13.2. The molecule has 1 aromatic heterocycles. The van der Waals surface area contributed by atoms with Crippen molar-refractivity contribution in [2.75, 3.05) is 5.32 Å². The lowest BCUT2D eigenvalue weighted by Gasteiger charge is -2.10. The molecule has 3 rings (SSSR count). The fourth-order valence-electron chi connectivity index (χ4n) is 2.13. The first-order valence-electron chi connectivity index (χ1n) is 5.98. The van der Waals surface area contributed by atoms with Gasteiger partial charge in [-0.1, -0.05) is 39.7 Å². The van der Waals surface area contributed by atoms with Gasteiger partial charge < -0.3 is 10.3 Å². The van der Waals surface area contributed by atoms with Gasteiger partial charge in [0.25, 0.3) is 0 Å². The molecule has 0 fully saturated rings. The molecule has 0 aliphatic carbocycles. The summed E-state index contributed by atoms with van der Waals surface area (Å²) in [7, 11) is 0. The molecule has 0 saturated heterocycles. The SMILES string of the molecule is Clc1ccc(Br)cc1NCc1cccc2[nH]ccc12. The van der Waals surface area contributed by atoms with Crippen LogP contribution in [0.4, 0.5) is 5.69 Å². The number of halogens is 2. The lowest BCUT2D eigenvalue weighted by atomic mass is 10.1. The number of aromatic amines is 1. The van der Waals surface area contributed by atoms with E-state index in [-0.39, 0.29) is 0 Å². The molecule has 0 aliphatic heterocycles. The molecule has 4 heteroatoms. The summed E-state index contributed by atoms with van der Waals surface area (Å²) < 4.78 is 1.01. The van der Waals surface area contributed by atoms with Crippen molar-refractivity contribution in [3.05, 3.63) is 63.7 Å². The fourth-order valence-corrected chi connectivity index (χ4v) is 2.67. The Bertz CT molecular complexity index is 721. The predicted molar refractivity (Wildman–Crippen MR) is 84.8 cm³/mol. The molecule has 0 aliphatic rings. The molecule has 0 atom stereocenters. The minimum absolute atomic E-state index is 0.726. The second kappa shape index (κ2) is 5.27. The zero-order valence-corrected chi connectivity index (χ0v) is 12.4. The molecular formula is C15H12BrClN2. The lowest BCUT2D eigenvalue weighted by molar-refractivity contribution is 1.17. The lowest BCUT2D eigenvalue weighted by Crippen LogP contribution is -2.00. The number of fused-ring (bicyclic) bond motifs is 1. The quantitative estimate of drug-likeness (QED) is 0.677. The van der Waals surface area contributed by atoms with Gasteiger partial charge in [0.15, 0.2) is 0 Å². The number of rotatable bonds is 3. The van der Waals surface area contributed by atoms with Crippen LogP contribution >= 0.6 is 27.5 Å². The monoisotopic (exact) mass is 334 g/mol. The van der Waals surface area contributed by atoms with Gasteiger partial charge >= 0.3 is 0 Å². The highest BCUT2D eigenvalue weighted by Gasteiger charge is 2.04. The number of aromatic nitrogens is 1. The van der Waals surface area contributed by atoms with Crippen molar-refractivity contribution in [2.45, 2.75) is 6.54 Å². The molecule has 0 unspecified atom stereocenters. The molecule has 1 heterocycles. The number of hydrogen-bond donors (Lipinski definition) is 2. The highest BCUT2D eigenvalue weighted by atomic mass is 79.9. The Kier molecular flexibility index (Phi) is 3.49. The summed E-state index contributed by atoms with van der Waals surface area (Å²) in [5.41, 5.74) is 3.33. The van der Waals surface area contributed by atoms with Crippen LogP contribution in [0.3, 0.4) is 0 Å². The number of hydrogen-bond acceptors (Lipinski definition) is 1. The summed E-state index contributed by atoms with van der Waals surface area (Å²) in [6.45, 7) is 0.741. The molecule has 2 N–H and O–H groups in total. The number of H-pyrrole nitrogens is 1. The molecule has 0 amide bonds. The number of benzene rings is 2. The van der Waals surface area contributed by atoms with Gasteiger partial charge in [-0.25, -0.2) is 0 Å². The zero-order valence-electron chi connectivity index (χ0n) is 10.1. The van der Waals surface area contributed by atoms with E-state index in [1.165, 1.54) is 10.9 Å². The van der Waals surface area contributed by atoms with Gasteiger partial charge in [0, 0.05) is 28.1 Å². The van der Waals surface area contributed by atoms with Crippen LogP contribution in [0.25, 0.3) is 10.9 Å².